The van der Waals surface area contributed by atoms with Crippen molar-refractivity contribution in [1.29, 1.82) is 0 Å². The number of hydrogen-bond acceptors (Lipinski definition) is 6. The second-order valence-corrected chi connectivity index (χ2v) is 6.86. The van der Waals surface area contributed by atoms with Crippen LogP contribution in [0.4, 0.5) is 0 Å². The SMILES string of the molecule is CCCCC(OC([O-])=C1C=CC=C1)Oc1cccc(C(=O)Oc2ccc(OC)cc2)c1. The maximum Gasteiger partial charge on any atom is 0.343 e. The van der Waals surface area contributed by atoms with E-state index < -0.39 is 18.2 Å². The Morgan fingerprint density at radius 2 is 1.71 bits per heavy atom. The number of rotatable bonds is 10. The topological polar surface area (TPSA) is 77.0 Å². The monoisotopic (exact) mass is 421 g/mol. The molecule has 0 radical (unpaired) electrons. The number of allylic oxidation sites excluding steroid dienone is 5. The van der Waals surface area contributed by atoms with Crippen molar-refractivity contribution in [3.63, 3.8) is 0 Å². The van der Waals surface area contributed by atoms with Crippen LogP contribution in [0.25, 0.3) is 0 Å². The number of methoxy groups -OCH3 is 1. The number of esters is 1. The van der Waals surface area contributed by atoms with Gasteiger partial charge in [0.1, 0.15) is 17.2 Å². The third-order valence-electron chi connectivity index (χ3n) is 4.54. The van der Waals surface area contributed by atoms with E-state index in [1.807, 2.05) is 6.92 Å². The van der Waals surface area contributed by atoms with Crippen LogP contribution in [0.1, 0.15) is 36.5 Å². The van der Waals surface area contributed by atoms with Crippen LogP contribution in [0.15, 0.2) is 84.4 Å². The van der Waals surface area contributed by atoms with Crippen LogP contribution in [-0.4, -0.2) is 19.4 Å². The van der Waals surface area contributed by atoms with Crippen molar-refractivity contribution in [1.82, 2.24) is 0 Å². The molecular formula is C25H25O6-. The van der Waals surface area contributed by atoms with Crippen LogP contribution >= 0.6 is 0 Å². The lowest BCUT2D eigenvalue weighted by atomic mass is 10.2. The summed E-state index contributed by atoms with van der Waals surface area (Å²) >= 11 is 0. The molecule has 0 spiro atoms. The molecule has 1 atom stereocenters. The van der Waals surface area contributed by atoms with Crippen LogP contribution in [0.3, 0.4) is 0 Å². The lowest BCUT2D eigenvalue weighted by molar-refractivity contribution is -0.373. The predicted octanol–water partition coefficient (Wildman–Crippen LogP) is 4.52. The van der Waals surface area contributed by atoms with E-state index in [9.17, 15) is 9.90 Å². The Morgan fingerprint density at radius 1 is 1.00 bits per heavy atom. The van der Waals surface area contributed by atoms with Gasteiger partial charge in [-0.3, -0.25) is 0 Å². The fourth-order valence-electron chi connectivity index (χ4n) is 2.87. The number of unbranched alkanes of at least 4 members (excludes halogenated alkanes) is 1. The Bertz CT molecular complexity index is 958. The van der Waals surface area contributed by atoms with Crippen molar-refractivity contribution in [3.8, 4) is 17.2 Å². The summed E-state index contributed by atoms with van der Waals surface area (Å²) in [6.45, 7) is 2.05. The van der Waals surface area contributed by atoms with Gasteiger partial charge in [-0.25, -0.2) is 4.79 Å². The molecule has 0 aliphatic heterocycles. The molecular weight excluding hydrogens is 396 g/mol. The average molecular weight is 421 g/mol. The molecule has 1 aliphatic rings. The van der Waals surface area contributed by atoms with E-state index in [-0.39, 0.29) is 0 Å². The molecule has 2 aromatic rings. The van der Waals surface area contributed by atoms with Crippen LogP contribution < -0.4 is 19.3 Å². The van der Waals surface area contributed by atoms with E-state index in [0.717, 1.165) is 12.8 Å². The minimum Gasteiger partial charge on any atom is -0.577 e. The Morgan fingerprint density at radius 3 is 2.39 bits per heavy atom. The molecule has 0 amide bonds. The molecule has 1 unspecified atom stereocenters. The Labute approximate surface area is 182 Å². The summed E-state index contributed by atoms with van der Waals surface area (Å²) < 4.78 is 21.9. The Balaban J connectivity index is 1.68. The molecule has 31 heavy (non-hydrogen) atoms. The zero-order valence-corrected chi connectivity index (χ0v) is 17.6. The first-order valence-corrected chi connectivity index (χ1v) is 10.1. The standard InChI is InChI=1S/C25H26O6/c1-3-4-12-23(31-24(26)18-8-5-6-9-18)29-22-11-7-10-19(17-22)25(27)30-21-15-13-20(28-2)14-16-21/h5-11,13-17,23,26H,3-4,12H2,1-2H3/p-1. The smallest absolute Gasteiger partial charge is 0.343 e. The minimum absolute atomic E-state index is 0.324. The third kappa shape index (κ3) is 6.40. The van der Waals surface area contributed by atoms with Gasteiger partial charge in [0.2, 0.25) is 0 Å². The highest BCUT2D eigenvalue weighted by Gasteiger charge is 2.13. The minimum atomic E-state index is -0.754. The van der Waals surface area contributed by atoms with E-state index in [0.29, 0.717) is 34.8 Å². The van der Waals surface area contributed by atoms with Gasteiger partial charge in [0.25, 0.3) is 0 Å². The lowest BCUT2D eigenvalue weighted by Crippen LogP contribution is -2.25. The van der Waals surface area contributed by atoms with Crippen molar-refractivity contribution in [2.24, 2.45) is 0 Å². The zero-order valence-electron chi connectivity index (χ0n) is 17.6. The highest BCUT2D eigenvalue weighted by Crippen LogP contribution is 2.22. The van der Waals surface area contributed by atoms with Gasteiger partial charge in [-0.15, -0.1) is 0 Å². The first kappa shape index (κ1) is 22.0. The second-order valence-electron chi connectivity index (χ2n) is 6.86. The van der Waals surface area contributed by atoms with Crippen LogP contribution in [0.5, 0.6) is 17.2 Å². The van der Waals surface area contributed by atoms with E-state index in [1.54, 1.807) is 79.9 Å². The fraction of sp³-hybridized carbons (Fsp3) is 0.240. The van der Waals surface area contributed by atoms with Crippen LogP contribution in [0.2, 0.25) is 0 Å². The van der Waals surface area contributed by atoms with Gasteiger partial charge in [0.05, 0.1) is 18.6 Å². The molecule has 6 heteroatoms. The van der Waals surface area contributed by atoms with Gasteiger partial charge >= 0.3 is 5.97 Å². The van der Waals surface area contributed by atoms with Gasteiger partial charge in [-0.05, 0) is 60.9 Å². The second kappa shape index (κ2) is 10.9. The van der Waals surface area contributed by atoms with E-state index in [1.165, 1.54) is 0 Å². The van der Waals surface area contributed by atoms with Gasteiger partial charge < -0.3 is 24.1 Å². The van der Waals surface area contributed by atoms with E-state index in [2.05, 4.69) is 0 Å². The molecule has 1 aliphatic carbocycles. The van der Waals surface area contributed by atoms with Crippen molar-refractivity contribution < 1.29 is 28.8 Å². The highest BCUT2D eigenvalue weighted by atomic mass is 16.7. The largest absolute Gasteiger partial charge is 0.577 e. The van der Waals surface area contributed by atoms with Crippen molar-refractivity contribution in [2.45, 2.75) is 32.5 Å². The summed E-state index contributed by atoms with van der Waals surface area (Å²) in [6.07, 6.45) is 8.48. The highest BCUT2D eigenvalue weighted by molar-refractivity contribution is 5.91. The maximum absolute atomic E-state index is 12.5. The molecule has 3 rings (SSSR count). The van der Waals surface area contributed by atoms with Crippen molar-refractivity contribution in [2.75, 3.05) is 7.11 Å². The summed E-state index contributed by atoms with van der Waals surface area (Å²) in [5.74, 6) is 0.530. The number of benzene rings is 2. The molecule has 0 saturated heterocycles. The molecule has 0 saturated carbocycles. The molecule has 0 aromatic heterocycles. The van der Waals surface area contributed by atoms with Gasteiger partial charge in [-0.2, -0.15) is 0 Å². The number of ether oxygens (including phenoxy) is 4. The van der Waals surface area contributed by atoms with Gasteiger partial charge in [0, 0.05) is 0 Å². The predicted molar refractivity (Wildman–Crippen MR) is 115 cm³/mol. The third-order valence-corrected chi connectivity index (χ3v) is 4.54. The Hall–Kier alpha value is -3.67. The molecule has 2 aromatic carbocycles. The lowest BCUT2D eigenvalue weighted by Gasteiger charge is -2.28. The van der Waals surface area contributed by atoms with Crippen LogP contribution in [0, 0.1) is 0 Å². The number of carbonyl (C=O) groups excluding carboxylic acids is 1. The summed E-state index contributed by atoms with van der Waals surface area (Å²) in [5.41, 5.74) is 0.798. The Kier molecular flexibility index (Phi) is 7.76. The number of hydrogen-bond donors (Lipinski definition) is 0. The zero-order chi connectivity index (χ0) is 22.1. The first-order valence-electron chi connectivity index (χ1n) is 10.1. The van der Waals surface area contributed by atoms with Gasteiger partial charge in [-0.1, -0.05) is 43.7 Å². The summed E-state index contributed by atoms with van der Waals surface area (Å²) in [7, 11) is 1.57. The summed E-state index contributed by atoms with van der Waals surface area (Å²) in [6, 6.07) is 13.3. The quantitative estimate of drug-likeness (QED) is 0.243. The van der Waals surface area contributed by atoms with Crippen molar-refractivity contribution >= 4 is 5.97 Å². The fourth-order valence-corrected chi connectivity index (χ4v) is 2.87. The molecule has 0 heterocycles. The van der Waals surface area contributed by atoms with Gasteiger partial charge in [0.15, 0.2) is 6.29 Å². The summed E-state index contributed by atoms with van der Waals surface area (Å²) in [5, 5.41) is 12.3. The molecule has 0 bridgehead atoms. The first-order chi connectivity index (χ1) is 15.1. The molecule has 0 fully saturated rings. The molecule has 0 N–H and O–H groups in total. The van der Waals surface area contributed by atoms with Crippen molar-refractivity contribution in [3.05, 3.63) is 89.9 Å². The molecule has 162 valence electrons. The molecule has 6 nitrogen and oxygen atoms in total. The maximum atomic E-state index is 12.5. The number of carbonyl (C=O) groups is 1. The van der Waals surface area contributed by atoms with E-state index >= 15 is 0 Å². The van der Waals surface area contributed by atoms with Crippen LogP contribution in [-0.2, 0) is 4.74 Å². The van der Waals surface area contributed by atoms with E-state index in [4.69, 9.17) is 18.9 Å². The average Bonchev–Trinajstić information content (AvgIpc) is 3.33. The normalized spacial score (nSPS) is 13.0. The summed E-state index contributed by atoms with van der Waals surface area (Å²) in [4.78, 5) is 12.5.